The molecule has 0 unspecified atom stereocenters. The highest BCUT2D eigenvalue weighted by Gasteiger charge is 2.21. The molecule has 1 aliphatic carbocycles. The predicted molar refractivity (Wildman–Crippen MR) is 90.2 cm³/mol. The van der Waals surface area contributed by atoms with E-state index < -0.39 is 0 Å². The molecule has 1 N–H and O–H groups in total. The van der Waals surface area contributed by atoms with E-state index in [9.17, 15) is 4.79 Å². The Morgan fingerprint density at radius 3 is 2.21 bits per heavy atom. The quantitative estimate of drug-likeness (QED) is 0.781. The summed E-state index contributed by atoms with van der Waals surface area (Å²) in [5.41, 5.74) is 2.32. The molecule has 120 valence electrons. The Labute approximate surface area is 139 Å². The molecule has 4 rings (SSSR count). The molecule has 1 saturated carbocycles. The highest BCUT2D eigenvalue weighted by Crippen LogP contribution is 2.28. The van der Waals surface area contributed by atoms with Gasteiger partial charge in [0.1, 0.15) is 0 Å². The smallest absolute Gasteiger partial charge is 0.251 e. The van der Waals surface area contributed by atoms with Crippen LogP contribution in [0.3, 0.4) is 0 Å². The maximum atomic E-state index is 12.1. The third-order valence-electron chi connectivity index (χ3n) is 4.09. The van der Waals surface area contributed by atoms with E-state index in [0.29, 0.717) is 23.3 Å². The minimum atomic E-state index is -0.0380. The number of carbonyl (C=O) groups excluding carboxylic acids is 1. The lowest BCUT2D eigenvalue weighted by Crippen LogP contribution is -2.25. The Morgan fingerprint density at radius 1 is 0.958 bits per heavy atom. The molecular formula is C19H17N3O2. The van der Waals surface area contributed by atoms with Gasteiger partial charge in [-0.15, -0.1) is 10.2 Å². The first kappa shape index (κ1) is 14.6. The average molecular weight is 319 g/mol. The number of rotatable bonds is 5. The van der Waals surface area contributed by atoms with Gasteiger partial charge in [0.05, 0.1) is 0 Å². The van der Waals surface area contributed by atoms with Crippen molar-refractivity contribution in [1.29, 1.82) is 0 Å². The summed E-state index contributed by atoms with van der Waals surface area (Å²) >= 11 is 0. The number of hydrogen-bond acceptors (Lipinski definition) is 4. The van der Waals surface area contributed by atoms with Crippen molar-refractivity contribution in [2.24, 2.45) is 5.92 Å². The second-order valence-corrected chi connectivity index (χ2v) is 6.01. The second-order valence-electron chi connectivity index (χ2n) is 6.01. The first-order valence-electron chi connectivity index (χ1n) is 8.07. The van der Waals surface area contributed by atoms with Crippen LogP contribution in [0.15, 0.2) is 59.0 Å². The van der Waals surface area contributed by atoms with E-state index in [2.05, 4.69) is 15.5 Å². The molecule has 1 heterocycles. The van der Waals surface area contributed by atoms with Gasteiger partial charge >= 0.3 is 0 Å². The fourth-order valence-corrected chi connectivity index (χ4v) is 2.46. The molecule has 0 atom stereocenters. The molecule has 1 fully saturated rings. The van der Waals surface area contributed by atoms with Crippen LogP contribution in [-0.2, 0) is 0 Å². The zero-order valence-corrected chi connectivity index (χ0v) is 13.1. The van der Waals surface area contributed by atoms with Crippen molar-refractivity contribution in [3.8, 4) is 22.9 Å². The van der Waals surface area contributed by atoms with Crippen molar-refractivity contribution < 1.29 is 9.21 Å². The van der Waals surface area contributed by atoms with E-state index in [4.69, 9.17) is 4.42 Å². The molecule has 24 heavy (non-hydrogen) atoms. The highest BCUT2D eigenvalue weighted by molar-refractivity contribution is 5.94. The van der Waals surface area contributed by atoms with Crippen LogP contribution in [0.4, 0.5) is 0 Å². The van der Waals surface area contributed by atoms with Crippen molar-refractivity contribution in [2.75, 3.05) is 6.54 Å². The fourth-order valence-electron chi connectivity index (χ4n) is 2.46. The van der Waals surface area contributed by atoms with Crippen LogP contribution in [0, 0.1) is 5.92 Å². The standard InChI is InChI=1S/C19H17N3O2/c23-17(20-12-13-6-7-13)14-8-10-16(11-9-14)19-22-21-18(24-19)15-4-2-1-3-5-15/h1-5,8-11,13H,6-7,12H2,(H,20,23). The number of carbonyl (C=O) groups is 1. The van der Waals surface area contributed by atoms with Crippen LogP contribution in [0.2, 0.25) is 0 Å². The van der Waals surface area contributed by atoms with Gasteiger partial charge < -0.3 is 9.73 Å². The van der Waals surface area contributed by atoms with Crippen LogP contribution >= 0.6 is 0 Å². The van der Waals surface area contributed by atoms with Gasteiger partial charge in [-0.2, -0.15) is 0 Å². The van der Waals surface area contributed by atoms with Crippen LogP contribution in [-0.4, -0.2) is 22.6 Å². The topological polar surface area (TPSA) is 68.0 Å². The van der Waals surface area contributed by atoms with Crippen LogP contribution in [0.1, 0.15) is 23.2 Å². The number of benzene rings is 2. The van der Waals surface area contributed by atoms with Crippen molar-refractivity contribution in [3.63, 3.8) is 0 Å². The van der Waals surface area contributed by atoms with Gasteiger partial charge in [-0.3, -0.25) is 4.79 Å². The van der Waals surface area contributed by atoms with Crippen LogP contribution in [0.25, 0.3) is 22.9 Å². The van der Waals surface area contributed by atoms with Gasteiger partial charge in [-0.1, -0.05) is 18.2 Å². The summed E-state index contributed by atoms with van der Waals surface area (Å²) in [6.07, 6.45) is 2.44. The molecule has 0 aliphatic heterocycles. The average Bonchev–Trinajstić information content (AvgIpc) is 3.34. The van der Waals surface area contributed by atoms with E-state index >= 15 is 0 Å². The Bertz CT molecular complexity index is 837. The van der Waals surface area contributed by atoms with E-state index in [1.165, 1.54) is 12.8 Å². The summed E-state index contributed by atoms with van der Waals surface area (Å²) in [6.45, 7) is 0.769. The number of amides is 1. The molecule has 1 amide bonds. The summed E-state index contributed by atoms with van der Waals surface area (Å²) in [6, 6.07) is 16.8. The van der Waals surface area contributed by atoms with Crippen LogP contribution in [0.5, 0.6) is 0 Å². The van der Waals surface area contributed by atoms with Gasteiger partial charge in [-0.25, -0.2) is 0 Å². The lowest BCUT2D eigenvalue weighted by molar-refractivity contribution is 0.0952. The molecule has 0 radical (unpaired) electrons. The normalized spacial score (nSPS) is 13.7. The molecule has 3 aromatic rings. The first-order chi connectivity index (χ1) is 11.8. The minimum Gasteiger partial charge on any atom is -0.416 e. The highest BCUT2D eigenvalue weighted by atomic mass is 16.4. The van der Waals surface area contributed by atoms with Crippen molar-refractivity contribution in [3.05, 3.63) is 60.2 Å². The monoisotopic (exact) mass is 319 g/mol. The van der Waals surface area contributed by atoms with Crippen molar-refractivity contribution in [2.45, 2.75) is 12.8 Å². The summed E-state index contributed by atoms with van der Waals surface area (Å²) in [5.74, 6) is 1.56. The number of aromatic nitrogens is 2. The SMILES string of the molecule is O=C(NCC1CC1)c1ccc(-c2nnc(-c3ccccc3)o2)cc1. The molecule has 5 nitrogen and oxygen atoms in total. The Kier molecular flexibility index (Phi) is 3.83. The van der Waals surface area contributed by atoms with Gasteiger partial charge in [0.25, 0.3) is 5.91 Å². The zero-order chi connectivity index (χ0) is 16.4. The predicted octanol–water partition coefficient (Wildman–Crippen LogP) is 3.54. The molecule has 1 aliphatic rings. The van der Waals surface area contributed by atoms with Gasteiger partial charge in [0.15, 0.2) is 0 Å². The second kappa shape index (κ2) is 6.28. The summed E-state index contributed by atoms with van der Waals surface area (Å²) in [5, 5.41) is 11.1. The molecule has 1 aromatic heterocycles. The van der Waals surface area contributed by atoms with Crippen LogP contribution < -0.4 is 5.32 Å². The van der Waals surface area contributed by atoms with E-state index in [0.717, 1.165) is 17.7 Å². The molecule has 0 spiro atoms. The largest absolute Gasteiger partial charge is 0.416 e. The first-order valence-corrected chi connectivity index (χ1v) is 8.07. The Hall–Kier alpha value is -2.95. The summed E-state index contributed by atoms with van der Waals surface area (Å²) < 4.78 is 5.72. The van der Waals surface area contributed by atoms with Gasteiger partial charge in [0, 0.05) is 23.2 Å². The molecule has 2 aromatic carbocycles. The molecule has 0 bridgehead atoms. The molecule has 5 heteroatoms. The fraction of sp³-hybridized carbons (Fsp3) is 0.211. The summed E-state index contributed by atoms with van der Waals surface area (Å²) in [7, 11) is 0. The maximum absolute atomic E-state index is 12.1. The van der Waals surface area contributed by atoms with E-state index in [-0.39, 0.29) is 5.91 Å². The lowest BCUT2D eigenvalue weighted by atomic mass is 10.1. The molecular weight excluding hydrogens is 302 g/mol. The van der Waals surface area contributed by atoms with E-state index in [1.807, 2.05) is 42.5 Å². The third-order valence-corrected chi connectivity index (χ3v) is 4.09. The van der Waals surface area contributed by atoms with Crippen molar-refractivity contribution in [1.82, 2.24) is 15.5 Å². The van der Waals surface area contributed by atoms with Gasteiger partial charge in [-0.05, 0) is 55.2 Å². The number of nitrogens with zero attached hydrogens (tertiary/aromatic N) is 2. The Balaban J connectivity index is 1.48. The summed E-state index contributed by atoms with van der Waals surface area (Å²) in [4.78, 5) is 12.1. The number of nitrogens with one attached hydrogen (secondary N) is 1. The van der Waals surface area contributed by atoms with Gasteiger partial charge in [0.2, 0.25) is 11.8 Å². The van der Waals surface area contributed by atoms with E-state index in [1.54, 1.807) is 12.1 Å². The Morgan fingerprint density at radius 2 is 1.58 bits per heavy atom. The minimum absolute atomic E-state index is 0.0380. The third kappa shape index (κ3) is 3.20. The maximum Gasteiger partial charge on any atom is 0.251 e. The molecule has 0 saturated heterocycles. The van der Waals surface area contributed by atoms with Crippen molar-refractivity contribution >= 4 is 5.91 Å². The zero-order valence-electron chi connectivity index (χ0n) is 13.1. The lowest BCUT2D eigenvalue weighted by Gasteiger charge is -2.04. The number of hydrogen-bond donors (Lipinski definition) is 1.